The van der Waals surface area contributed by atoms with Gasteiger partial charge in [0.1, 0.15) is 0 Å². The van der Waals surface area contributed by atoms with Crippen molar-refractivity contribution in [1.29, 1.82) is 0 Å². The largest absolute Gasteiger partial charge is 0.481 e. The molecule has 0 aliphatic heterocycles. The van der Waals surface area contributed by atoms with Crippen LogP contribution in [0.4, 0.5) is 0 Å². The van der Waals surface area contributed by atoms with Gasteiger partial charge in [-0.05, 0) is 20.3 Å². The van der Waals surface area contributed by atoms with Gasteiger partial charge in [-0.2, -0.15) is 0 Å². The molecule has 0 spiro atoms. The zero-order valence-electron chi connectivity index (χ0n) is 10.4. The van der Waals surface area contributed by atoms with E-state index in [1.807, 2.05) is 20.8 Å². The second-order valence-corrected chi connectivity index (χ2v) is 4.41. The van der Waals surface area contributed by atoms with Crippen LogP contribution in [0.3, 0.4) is 0 Å². The summed E-state index contributed by atoms with van der Waals surface area (Å²) in [5.41, 5.74) is -0.522. The Bertz CT molecular complexity index is 250. The van der Waals surface area contributed by atoms with Gasteiger partial charge in [0.2, 0.25) is 5.91 Å². The highest BCUT2D eigenvalue weighted by molar-refractivity contribution is 5.78. The van der Waals surface area contributed by atoms with E-state index >= 15 is 0 Å². The summed E-state index contributed by atoms with van der Waals surface area (Å²) in [5.74, 6) is -1.09. The van der Waals surface area contributed by atoms with Gasteiger partial charge in [-0.1, -0.05) is 6.92 Å². The highest BCUT2D eigenvalue weighted by Crippen LogP contribution is 2.12. The first-order valence-corrected chi connectivity index (χ1v) is 5.37. The van der Waals surface area contributed by atoms with E-state index in [1.54, 1.807) is 7.11 Å². The van der Waals surface area contributed by atoms with Crippen molar-refractivity contribution in [2.24, 2.45) is 0 Å². The maximum Gasteiger partial charge on any atom is 0.305 e. The SMILES string of the molecule is CCC(CC(=O)O)NC(=O)CC(C)(C)OC. The van der Waals surface area contributed by atoms with Gasteiger partial charge in [-0.3, -0.25) is 9.59 Å². The first-order valence-electron chi connectivity index (χ1n) is 5.37. The van der Waals surface area contributed by atoms with E-state index in [2.05, 4.69) is 5.32 Å². The van der Waals surface area contributed by atoms with Crippen LogP contribution in [0.25, 0.3) is 0 Å². The van der Waals surface area contributed by atoms with Crippen LogP contribution in [0.15, 0.2) is 0 Å². The van der Waals surface area contributed by atoms with Crippen LogP contribution in [-0.4, -0.2) is 35.7 Å². The van der Waals surface area contributed by atoms with Crippen LogP contribution in [0, 0.1) is 0 Å². The lowest BCUT2D eigenvalue weighted by atomic mass is 10.0. The van der Waals surface area contributed by atoms with Crippen LogP contribution in [-0.2, 0) is 14.3 Å². The molecule has 0 aliphatic carbocycles. The Balaban J connectivity index is 4.16. The monoisotopic (exact) mass is 231 g/mol. The average Bonchev–Trinajstić information content (AvgIpc) is 2.15. The lowest BCUT2D eigenvalue weighted by molar-refractivity contribution is -0.137. The molecule has 5 heteroatoms. The average molecular weight is 231 g/mol. The van der Waals surface area contributed by atoms with Gasteiger partial charge in [0.25, 0.3) is 0 Å². The molecule has 0 saturated carbocycles. The Morgan fingerprint density at radius 2 is 2.00 bits per heavy atom. The number of hydrogen-bond donors (Lipinski definition) is 2. The van der Waals surface area contributed by atoms with Gasteiger partial charge >= 0.3 is 5.97 Å². The summed E-state index contributed by atoms with van der Waals surface area (Å²) in [6.07, 6.45) is 0.778. The number of aliphatic carboxylic acids is 1. The van der Waals surface area contributed by atoms with Crippen molar-refractivity contribution in [2.45, 2.75) is 51.7 Å². The van der Waals surface area contributed by atoms with Crippen molar-refractivity contribution in [3.05, 3.63) is 0 Å². The van der Waals surface area contributed by atoms with Crippen molar-refractivity contribution in [2.75, 3.05) is 7.11 Å². The molecule has 0 aliphatic rings. The number of carbonyl (C=O) groups excluding carboxylic acids is 1. The predicted octanol–water partition coefficient (Wildman–Crippen LogP) is 1.17. The third-order valence-electron chi connectivity index (χ3n) is 2.42. The van der Waals surface area contributed by atoms with Crippen molar-refractivity contribution < 1.29 is 19.4 Å². The van der Waals surface area contributed by atoms with E-state index in [-0.39, 0.29) is 24.8 Å². The van der Waals surface area contributed by atoms with Crippen LogP contribution in [0.5, 0.6) is 0 Å². The van der Waals surface area contributed by atoms with Crippen LogP contribution < -0.4 is 5.32 Å². The molecule has 0 aromatic carbocycles. The molecule has 0 bridgehead atoms. The quantitative estimate of drug-likeness (QED) is 0.689. The molecule has 0 saturated heterocycles. The van der Waals surface area contributed by atoms with Gasteiger partial charge < -0.3 is 15.2 Å². The van der Waals surface area contributed by atoms with Crippen LogP contribution in [0.1, 0.15) is 40.0 Å². The molecule has 2 N–H and O–H groups in total. The second kappa shape index (κ2) is 6.48. The molecule has 94 valence electrons. The minimum atomic E-state index is -0.904. The Labute approximate surface area is 96.2 Å². The van der Waals surface area contributed by atoms with E-state index in [1.165, 1.54) is 0 Å². The Kier molecular flexibility index (Phi) is 6.03. The van der Waals surface area contributed by atoms with Crippen molar-refractivity contribution in [1.82, 2.24) is 5.32 Å². The van der Waals surface area contributed by atoms with E-state index in [0.29, 0.717) is 6.42 Å². The number of methoxy groups -OCH3 is 1. The normalized spacial score (nSPS) is 13.2. The molecular weight excluding hydrogens is 210 g/mol. The fraction of sp³-hybridized carbons (Fsp3) is 0.818. The van der Waals surface area contributed by atoms with E-state index < -0.39 is 11.6 Å². The molecule has 16 heavy (non-hydrogen) atoms. The first kappa shape index (κ1) is 14.9. The Morgan fingerprint density at radius 3 is 2.38 bits per heavy atom. The zero-order valence-corrected chi connectivity index (χ0v) is 10.4. The van der Waals surface area contributed by atoms with Crippen molar-refractivity contribution >= 4 is 11.9 Å². The number of carbonyl (C=O) groups is 2. The van der Waals surface area contributed by atoms with Gasteiger partial charge in [-0.25, -0.2) is 0 Å². The van der Waals surface area contributed by atoms with Crippen LogP contribution in [0.2, 0.25) is 0 Å². The maximum atomic E-state index is 11.6. The summed E-state index contributed by atoms with van der Waals surface area (Å²) in [6, 6.07) is -0.308. The molecule has 1 atom stereocenters. The highest BCUT2D eigenvalue weighted by atomic mass is 16.5. The molecule has 0 aromatic heterocycles. The minimum absolute atomic E-state index is 0.0460. The van der Waals surface area contributed by atoms with E-state index in [9.17, 15) is 9.59 Å². The number of nitrogens with one attached hydrogen (secondary N) is 1. The molecule has 0 radical (unpaired) electrons. The highest BCUT2D eigenvalue weighted by Gasteiger charge is 2.23. The smallest absolute Gasteiger partial charge is 0.305 e. The summed E-state index contributed by atoms with van der Waals surface area (Å²) in [7, 11) is 1.54. The number of carboxylic acids is 1. The first-order chi connectivity index (χ1) is 7.30. The fourth-order valence-electron chi connectivity index (χ4n) is 1.25. The second-order valence-electron chi connectivity index (χ2n) is 4.41. The van der Waals surface area contributed by atoms with Gasteiger partial charge in [-0.15, -0.1) is 0 Å². The van der Waals surface area contributed by atoms with E-state index in [4.69, 9.17) is 9.84 Å². The topological polar surface area (TPSA) is 75.6 Å². The molecule has 0 rings (SSSR count). The lowest BCUT2D eigenvalue weighted by Gasteiger charge is -2.23. The number of rotatable bonds is 7. The van der Waals surface area contributed by atoms with Crippen molar-refractivity contribution in [3.8, 4) is 0 Å². The molecular formula is C11H21NO4. The van der Waals surface area contributed by atoms with Crippen molar-refractivity contribution in [3.63, 3.8) is 0 Å². The molecule has 5 nitrogen and oxygen atoms in total. The molecule has 1 unspecified atom stereocenters. The minimum Gasteiger partial charge on any atom is -0.481 e. The fourth-order valence-corrected chi connectivity index (χ4v) is 1.25. The standard InChI is InChI=1S/C11H21NO4/c1-5-8(6-10(14)15)12-9(13)7-11(2,3)16-4/h8H,5-7H2,1-4H3,(H,12,13)(H,14,15). The number of amides is 1. The zero-order chi connectivity index (χ0) is 12.8. The summed E-state index contributed by atoms with van der Waals surface area (Å²) in [6.45, 7) is 5.46. The molecule has 0 fully saturated rings. The van der Waals surface area contributed by atoms with Crippen LogP contribution >= 0.6 is 0 Å². The Morgan fingerprint density at radius 1 is 1.44 bits per heavy atom. The predicted molar refractivity (Wildman–Crippen MR) is 60.2 cm³/mol. The van der Waals surface area contributed by atoms with Gasteiger partial charge in [0, 0.05) is 13.2 Å². The summed E-state index contributed by atoms with van der Waals surface area (Å²) >= 11 is 0. The number of ether oxygens (including phenoxy) is 1. The maximum absolute atomic E-state index is 11.6. The van der Waals surface area contributed by atoms with Gasteiger partial charge in [0.15, 0.2) is 0 Å². The third kappa shape index (κ3) is 6.40. The molecule has 1 amide bonds. The van der Waals surface area contributed by atoms with Gasteiger partial charge in [0.05, 0.1) is 18.4 Å². The number of carboxylic acid groups (broad SMARTS) is 1. The third-order valence-corrected chi connectivity index (χ3v) is 2.42. The summed E-state index contributed by atoms with van der Waals surface area (Å²) < 4.78 is 5.13. The molecule has 0 heterocycles. The lowest BCUT2D eigenvalue weighted by Crippen LogP contribution is -2.40. The Hall–Kier alpha value is -1.10. The summed E-state index contributed by atoms with van der Waals surface area (Å²) in [5, 5.41) is 11.3. The number of hydrogen-bond acceptors (Lipinski definition) is 3. The summed E-state index contributed by atoms with van der Waals surface area (Å²) in [4.78, 5) is 22.1. The van der Waals surface area contributed by atoms with E-state index in [0.717, 1.165) is 0 Å². The molecule has 0 aromatic rings.